The molecule has 0 aliphatic carbocycles. The molecule has 6 heteroatoms. The van der Waals surface area contributed by atoms with E-state index in [9.17, 15) is 9.59 Å². The van der Waals surface area contributed by atoms with Gasteiger partial charge in [-0.25, -0.2) is 0 Å². The number of amides is 1. The molecule has 1 fully saturated rings. The quantitative estimate of drug-likeness (QED) is 0.473. The van der Waals surface area contributed by atoms with Crippen molar-refractivity contribution in [1.82, 2.24) is 4.90 Å². The smallest absolute Gasteiger partial charge is 0.308 e. The molecule has 1 aliphatic rings. The molecule has 0 radical (unpaired) electrons. The van der Waals surface area contributed by atoms with Crippen LogP contribution in [0, 0.1) is 0 Å². The lowest BCUT2D eigenvalue weighted by molar-refractivity contribution is -0.132. The molecule has 0 saturated carbocycles. The molecule has 0 spiro atoms. The molecule has 2 atom stereocenters. The van der Waals surface area contributed by atoms with Gasteiger partial charge in [0.15, 0.2) is 11.5 Å². The maximum Gasteiger partial charge on any atom is 0.308 e. The Morgan fingerprint density at radius 3 is 2.50 bits per heavy atom. The molecule has 2 aromatic rings. The summed E-state index contributed by atoms with van der Waals surface area (Å²) in [5.41, 5.74) is 7.52. The van der Waals surface area contributed by atoms with E-state index in [-0.39, 0.29) is 12.0 Å². The van der Waals surface area contributed by atoms with Crippen molar-refractivity contribution in [2.75, 3.05) is 13.7 Å². The van der Waals surface area contributed by atoms with Gasteiger partial charge in [-0.15, -0.1) is 0 Å². The number of ether oxygens (including phenoxy) is 2. The van der Waals surface area contributed by atoms with Gasteiger partial charge in [0.2, 0.25) is 5.91 Å². The van der Waals surface area contributed by atoms with Gasteiger partial charge in [0.25, 0.3) is 0 Å². The highest BCUT2D eigenvalue weighted by molar-refractivity contribution is 5.85. The van der Waals surface area contributed by atoms with Crippen molar-refractivity contribution in [2.24, 2.45) is 5.73 Å². The van der Waals surface area contributed by atoms with Crippen LogP contribution in [0.25, 0.3) is 0 Å². The molecular formula is C22H24N2O4. The number of benzene rings is 2. The van der Waals surface area contributed by atoms with E-state index in [2.05, 4.69) is 17.0 Å². The third-order valence-electron chi connectivity index (χ3n) is 4.88. The van der Waals surface area contributed by atoms with Crippen molar-refractivity contribution < 1.29 is 19.1 Å². The number of carbonyl (C=O) groups is 2. The zero-order valence-corrected chi connectivity index (χ0v) is 16.0. The molecule has 2 aromatic carbocycles. The highest BCUT2D eigenvalue weighted by atomic mass is 16.6. The van der Waals surface area contributed by atoms with E-state index in [0.29, 0.717) is 11.5 Å². The van der Waals surface area contributed by atoms with Crippen molar-refractivity contribution in [1.29, 1.82) is 0 Å². The van der Waals surface area contributed by atoms with E-state index in [4.69, 9.17) is 15.2 Å². The summed E-state index contributed by atoms with van der Waals surface area (Å²) in [5, 5.41) is 0. The number of hydrogen-bond acceptors (Lipinski definition) is 5. The van der Waals surface area contributed by atoms with E-state index >= 15 is 0 Å². The minimum absolute atomic E-state index is 0.0566. The minimum Gasteiger partial charge on any atom is -0.493 e. The summed E-state index contributed by atoms with van der Waals surface area (Å²) in [6, 6.07) is 15.9. The molecule has 1 heterocycles. The summed E-state index contributed by atoms with van der Waals surface area (Å²) in [6.07, 6.45) is 4.06. The van der Waals surface area contributed by atoms with Crippen molar-refractivity contribution in [3.05, 3.63) is 71.9 Å². The van der Waals surface area contributed by atoms with Crippen LogP contribution >= 0.6 is 0 Å². The van der Waals surface area contributed by atoms with Crippen molar-refractivity contribution in [3.8, 4) is 11.5 Å². The summed E-state index contributed by atoms with van der Waals surface area (Å²) in [6.45, 7) is 2.15. The Labute approximate surface area is 164 Å². The van der Waals surface area contributed by atoms with Gasteiger partial charge in [0.05, 0.1) is 13.2 Å². The first kappa shape index (κ1) is 19.5. The number of hydrogen-bond donors (Lipinski definition) is 1. The lowest BCUT2D eigenvalue weighted by Gasteiger charge is -2.28. The number of likely N-dealkylation sites (tertiary alicyclic amines) is 1. The maximum atomic E-state index is 11.3. The number of primary amides is 1. The van der Waals surface area contributed by atoms with Crippen LogP contribution in [0.2, 0.25) is 0 Å². The zero-order chi connectivity index (χ0) is 20.1. The summed E-state index contributed by atoms with van der Waals surface area (Å²) < 4.78 is 10.6. The molecule has 2 N–H and O–H groups in total. The molecule has 1 saturated heterocycles. The molecule has 28 heavy (non-hydrogen) atoms. The van der Waals surface area contributed by atoms with Crippen LogP contribution in [0.4, 0.5) is 0 Å². The highest BCUT2D eigenvalue weighted by Gasteiger charge is 2.35. The van der Waals surface area contributed by atoms with Gasteiger partial charge in [0, 0.05) is 31.7 Å². The number of rotatable bonds is 6. The van der Waals surface area contributed by atoms with E-state index < -0.39 is 11.9 Å². The predicted octanol–water partition coefficient (Wildman–Crippen LogP) is 3.15. The van der Waals surface area contributed by atoms with Gasteiger partial charge in [-0.05, 0) is 29.7 Å². The third-order valence-corrected chi connectivity index (χ3v) is 4.88. The second kappa shape index (κ2) is 8.61. The summed E-state index contributed by atoms with van der Waals surface area (Å²) in [4.78, 5) is 24.6. The molecule has 3 rings (SSSR count). The Morgan fingerprint density at radius 1 is 1.11 bits per heavy atom. The first-order valence-electron chi connectivity index (χ1n) is 9.14. The number of nitrogens with two attached hydrogens (primary N) is 1. The third kappa shape index (κ3) is 4.34. The van der Waals surface area contributed by atoms with Gasteiger partial charge in [-0.1, -0.05) is 36.4 Å². The molecule has 0 aromatic heterocycles. The van der Waals surface area contributed by atoms with Gasteiger partial charge >= 0.3 is 5.97 Å². The summed E-state index contributed by atoms with van der Waals surface area (Å²) >= 11 is 0. The topological polar surface area (TPSA) is 81.9 Å². The van der Waals surface area contributed by atoms with Crippen LogP contribution in [0.1, 0.15) is 36.4 Å². The number of methoxy groups -OCH3 is 1. The van der Waals surface area contributed by atoms with Crippen LogP contribution < -0.4 is 15.2 Å². The molecule has 0 unspecified atom stereocenters. The van der Waals surface area contributed by atoms with Crippen molar-refractivity contribution in [2.45, 2.75) is 25.3 Å². The Balaban J connectivity index is 1.97. The Kier molecular flexibility index (Phi) is 5.99. The molecule has 1 amide bonds. The zero-order valence-electron chi connectivity index (χ0n) is 16.0. The Hall–Kier alpha value is -3.28. The average molecular weight is 380 g/mol. The maximum absolute atomic E-state index is 11.3. The molecular weight excluding hydrogens is 356 g/mol. The SMILES string of the molecule is COc1cc([C@@H]2CCN(C=CC(N)=O)[C@@H]2c2ccccc2)ccc1OC(C)=O. The van der Waals surface area contributed by atoms with Gasteiger partial charge in [-0.2, -0.15) is 0 Å². The van der Waals surface area contributed by atoms with Crippen LogP contribution in [0.3, 0.4) is 0 Å². The standard InChI is InChI=1S/C22H24N2O4/c1-15(25)28-19-9-8-17(14-20(19)27-2)18-10-12-24(13-11-21(23)26)22(18)16-6-4-3-5-7-16/h3-9,11,13-14,18,22H,10,12H2,1-2H3,(H2,23,26)/t18-,22+/m0/s1. The van der Waals surface area contributed by atoms with Crippen LogP contribution in [-0.4, -0.2) is 30.4 Å². The first-order valence-corrected chi connectivity index (χ1v) is 9.14. The highest BCUT2D eigenvalue weighted by Crippen LogP contribution is 2.45. The molecule has 146 valence electrons. The fraction of sp³-hybridized carbons (Fsp3) is 0.273. The van der Waals surface area contributed by atoms with E-state index in [1.54, 1.807) is 19.4 Å². The van der Waals surface area contributed by atoms with Gasteiger partial charge in [0.1, 0.15) is 0 Å². The van der Waals surface area contributed by atoms with Crippen molar-refractivity contribution in [3.63, 3.8) is 0 Å². The Bertz CT molecular complexity index is 879. The van der Waals surface area contributed by atoms with Crippen LogP contribution in [0.15, 0.2) is 60.8 Å². The monoisotopic (exact) mass is 380 g/mol. The van der Waals surface area contributed by atoms with Crippen LogP contribution in [-0.2, 0) is 9.59 Å². The number of nitrogens with zero attached hydrogens (tertiary/aromatic N) is 1. The number of carbonyl (C=O) groups excluding carboxylic acids is 2. The van der Waals surface area contributed by atoms with E-state index in [0.717, 1.165) is 24.1 Å². The second-order valence-electron chi connectivity index (χ2n) is 6.71. The average Bonchev–Trinajstić information content (AvgIpc) is 3.11. The first-order chi connectivity index (χ1) is 13.5. The fourth-order valence-corrected chi connectivity index (χ4v) is 3.73. The van der Waals surface area contributed by atoms with Crippen molar-refractivity contribution >= 4 is 11.9 Å². The normalized spacial score (nSPS) is 19.0. The Morgan fingerprint density at radius 2 is 1.86 bits per heavy atom. The lowest BCUT2D eigenvalue weighted by atomic mass is 9.87. The number of esters is 1. The van der Waals surface area contributed by atoms with Gasteiger partial charge < -0.3 is 20.1 Å². The van der Waals surface area contributed by atoms with E-state index in [1.165, 1.54) is 13.0 Å². The molecule has 6 nitrogen and oxygen atoms in total. The largest absolute Gasteiger partial charge is 0.493 e. The summed E-state index contributed by atoms with van der Waals surface area (Å²) in [5.74, 6) is 0.240. The fourth-order valence-electron chi connectivity index (χ4n) is 3.73. The molecule has 1 aliphatic heterocycles. The summed E-state index contributed by atoms with van der Waals surface area (Å²) in [7, 11) is 1.55. The van der Waals surface area contributed by atoms with Crippen LogP contribution in [0.5, 0.6) is 11.5 Å². The second-order valence-corrected chi connectivity index (χ2v) is 6.71. The lowest BCUT2D eigenvalue weighted by Crippen LogP contribution is -2.21. The van der Waals surface area contributed by atoms with E-state index in [1.807, 2.05) is 30.3 Å². The predicted molar refractivity (Wildman–Crippen MR) is 106 cm³/mol. The van der Waals surface area contributed by atoms with Gasteiger partial charge in [-0.3, -0.25) is 9.59 Å². The molecule has 0 bridgehead atoms. The minimum atomic E-state index is -0.470.